The highest BCUT2D eigenvalue weighted by Gasteiger charge is 2.29. The molecule has 0 aliphatic rings. The van der Waals surface area contributed by atoms with Crippen molar-refractivity contribution < 1.29 is 13.3 Å². The summed E-state index contributed by atoms with van der Waals surface area (Å²) in [6.07, 6.45) is 0. The van der Waals surface area contributed by atoms with Gasteiger partial charge in [-0.1, -0.05) is 0 Å². The van der Waals surface area contributed by atoms with Crippen LogP contribution in [0.1, 0.15) is 0 Å². The zero-order valence-corrected chi connectivity index (χ0v) is 18.7. The molecule has 0 bridgehead atoms. The molecule has 0 saturated heterocycles. The van der Waals surface area contributed by atoms with Crippen LogP contribution in [0.4, 0.5) is 0 Å². The van der Waals surface area contributed by atoms with Crippen LogP contribution in [0.5, 0.6) is 0 Å². The molecule has 0 atom stereocenters. The van der Waals surface area contributed by atoms with Gasteiger partial charge in [-0.25, -0.2) is 0 Å². The topological polar surface area (TPSA) is 27.7 Å². The molecule has 0 spiro atoms. The highest BCUT2D eigenvalue weighted by Crippen LogP contribution is 2.23. The van der Waals surface area contributed by atoms with Crippen LogP contribution in [0, 0.1) is 0 Å². The van der Waals surface area contributed by atoms with E-state index in [9.17, 15) is 0 Å². The predicted octanol–water partition coefficient (Wildman–Crippen LogP) is 5.14. The van der Waals surface area contributed by atoms with Gasteiger partial charge in [0.2, 0.25) is 0 Å². The summed E-state index contributed by atoms with van der Waals surface area (Å²) in [4.78, 5) is 0. The second-order valence-electron chi connectivity index (χ2n) is 2.68. The third-order valence-electron chi connectivity index (χ3n) is 1.11. The zero-order chi connectivity index (χ0) is 15.6. The summed E-state index contributed by atoms with van der Waals surface area (Å²) in [7, 11) is 2.58. The SMILES string of the molecule is CO[Si](C)(OC)OC.C[Si](Cl)(Cl)Cl.Cl[Si](Cl)(Cl)Cl. The van der Waals surface area contributed by atoms with Crippen molar-refractivity contribution in [2.45, 2.75) is 13.1 Å². The van der Waals surface area contributed by atoms with E-state index < -0.39 is 20.1 Å². The molecule has 0 aromatic heterocycles. The van der Waals surface area contributed by atoms with Crippen molar-refractivity contribution in [3.8, 4) is 0 Å². The van der Waals surface area contributed by atoms with Gasteiger partial charge in [0.05, 0.1) is 0 Å². The Morgan fingerprint density at radius 1 is 0.611 bits per heavy atom. The maximum Gasteiger partial charge on any atom is 0.496 e. The summed E-state index contributed by atoms with van der Waals surface area (Å²) in [5.41, 5.74) is 0. The van der Waals surface area contributed by atoms with E-state index in [4.69, 9.17) is 90.8 Å². The smallest absolute Gasteiger partial charge is 0.377 e. The third kappa shape index (κ3) is 42.8. The minimum Gasteiger partial charge on any atom is -0.377 e. The normalized spacial score (nSPS) is 12.0. The molecule has 13 heteroatoms. The van der Waals surface area contributed by atoms with Crippen LogP contribution in [0.15, 0.2) is 0 Å². The molecule has 18 heavy (non-hydrogen) atoms. The highest BCUT2D eigenvalue weighted by atomic mass is 36.0. The fraction of sp³-hybridized carbons (Fsp3) is 1.00. The number of hydrogen-bond donors (Lipinski definition) is 0. The van der Waals surface area contributed by atoms with Crippen LogP contribution < -0.4 is 0 Å². The monoisotopic (exact) mass is 452 g/mol. The van der Waals surface area contributed by atoms with Crippen molar-refractivity contribution in [3.63, 3.8) is 0 Å². The Kier molecular flexibility index (Phi) is 17.2. The van der Waals surface area contributed by atoms with E-state index in [1.807, 2.05) is 6.55 Å². The van der Waals surface area contributed by atoms with Gasteiger partial charge >= 0.3 is 20.1 Å². The van der Waals surface area contributed by atoms with E-state index in [2.05, 4.69) is 0 Å². The van der Waals surface area contributed by atoms with Crippen molar-refractivity contribution in [1.29, 1.82) is 0 Å². The summed E-state index contributed by atoms with van der Waals surface area (Å²) >= 11 is 35.5. The molecule has 114 valence electrons. The number of hydrogen-bond acceptors (Lipinski definition) is 3. The van der Waals surface area contributed by atoms with Crippen molar-refractivity contribution in [1.82, 2.24) is 0 Å². The van der Waals surface area contributed by atoms with Crippen molar-refractivity contribution in [2.24, 2.45) is 0 Å². The van der Waals surface area contributed by atoms with Gasteiger partial charge in [-0.05, 0) is 6.55 Å². The second kappa shape index (κ2) is 12.1. The fourth-order valence-electron chi connectivity index (χ4n) is 0.250. The Morgan fingerprint density at radius 2 is 0.722 bits per heavy atom. The molecule has 0 aromatic rings. The van der Waals surface area contributed by atoms with Gasteiger partial charge in [0.1, 0.15) is 0 Å². The average Bonchev–Trinajstić information content (AvgIpc) is 2.11. The quantitative estimate of drug-likeness (QED) is 0.436. The summed E-state index contributed by atoms with van der Waals surface area (Å²) < 4.78 is 14.8. The van der Waals surface area contributed by atoms with Crippen LogP contribution in [0.3, 0.4) is 0 Å². The van der Waals surface area contributed by atoms with Crippen LogP contribution in [0.25, 0.3) is 0 Å². The molecule has 3 nitrogen and oxygen atoms in total. The van der Waals surface area contributed by atoms with E-state index in [1.54, 1.807) is 27.9 Å². The van der Waals surface area contributed by atoms with Crippen LogP contribution in [0.2, 0.25) is 13.1 Å². The van der Waals surface area contributed by atoms with E-state index in [0.29, 0.717) is 0 Å². The molecule has 0 radical (unpaired) electrons. The molecular weight excluding hydrogens is 440 g/mol. The van der Waals surface area contributed by atoms with Crippen molar-refractivity contribution >= 4 is 97.7 Å². The van der Waals surface area contributed by atoms with Gasteiger partial charge < -0.3 is 13.3 Å². The first-order valence-corrected chi connectivity index (χ1v) is 18.0. The van der Waals surface area contributed by atoms with Crippen LogP contribution in [-0.2, 0) is 13.3 Å². The lowest BCUT2D eigenvalue weighted by atomic mass is 11.8. The first kappa shape index (κ1) is 25.5. The molecule has 0 fully saturated rings. The van der Waals surface area contributed by atoms with Gasteiger partial charge in [-0.2, -0.15) is 0 Å². The number of halogens is 7. The molecular formula is C5H15Cl7O3Si3. The average molecular weight is 456 g/mol. The lowest BCUT2D eigenvalue weighted by molar-refractivity contribution is 0.132. The lowest BCUT2D eigenvalue weighted by Crippen LogP contribution is -2.38. The fourth-order valence-corrected chi connectivity index (χ4v) is 0.750. The van der Waals surface area contributed by atoms with Gasteiger partial charge in [0.25, 0.3) is 0 Å². The zero-order valence-electron chi connectivity index (χ0n) is 10.4. The summed E-state index contributed by atoms with van der Waals surface area (Å²) in [6.45, 7) is 3.45. The van der Waals surface area contributed by atoms with Crippen LogP contribution >= 0.6 is 77.6 Å². The minimum atomic E-state index is -2.72. The lowest BCUT2D eigenvalue weighted by Gasteiger charge is -2.18. The van der Waals surface area contributed by atoms with E-state index in [1.165, 1.54) is 0 Å². The summed E-state index contributed by atoms with van der Waals surface area (Å²) in [5, 5.41) is -2.72. The van der Waals surface area contributed by atoms with E-state index >= 15 is 0 Å². The van der Waals surface area contributed by atoms with E-state index in [0.717, 1.165) is 0 Å². The first-order chi connectivity index (χ1) is 7.68. The Morgan fingerprint density at radius 3 is 0.722 bits per heavy atom. The Labute approximate surface area is 144 Å². The van der Waals surface area contributed by atoms with Gasteiger partial charge in [-0.3, -0.25) is 0 Å². The highest BCUT2D eigenvalue weighted by molar-refractivity contribution is 7.81. The maximum atomic E-state index is 5.20. The molecule has 0 aromatic carbocycles. The first-order valence-electron chi connectivity index (χ1n) is 4.16. The maximum absolute atomic E-state index is 5.20. The largest absolute Gasteiger partial charge is 0.496 e. The molecule has 0 unspecified atom stereocenters. The summed E-state index contributed by atoms with van der Waals surface area (Å²) in [6, 6.07) is -2.19. The minimum absolute atomic E-state index is 1.58. The van der Waals surface area contributed by atoms with Crippen LogP contribution in [-0.4, -0.2) is 41.4 Å². The Balaban J connectivity index is -0.000000197. The number of rotatable bonds is 3. The molecule has 0 N–H and O–H groups in total. The molecule has 0 rings (SSSR count). The Hall–Kier alpha value is 2.56. The molecule has 0 saturated carbocycles. The predicted molar refractivity (Wildman–Crippen MR) is 91.0 cm³/mol. The summed E-state index contributed by atoms with van der Waals surface area (Å²) in [5.74, 6) is 0. The van der Waals surface area contributed by atoms with Crippen molar-refractivity contribution in [3.05, 3.63) is 0 Å². The molecule has 0 aliphatic carbocycles. The Bertz CT molecular complexity index is 161. The third-order valence-corrected chi connectivity index (χ3v) is 3.34. The molecule has 0 amide bonds. The molecule has 0 aliphatic heterocycles. The van der Waals surface area contributed by atoms with E-state index in [-0.39, 0.29) is 0 Å². The molecule has 0 heterocycles. The van der Waals surface area contributed by atoms with Gasteiger partial charge in [-0.15, -0.1) is 77.6 Å². The van der Waals surface area contributed by atoms with Gasteiger partial charge in [0, 0.05) is 27.9 Å². The van der Waals surface area contributed by atoms with Gasteiger partial charge in [0.15, 0.2) is 0 Å². The second-order valence-corrected chi connectivity index (χ2v) is 26.9. The standard InChI is InChI=1S/C4H12O3Si.CH3Cl3Si.Cl4Si/c1-5-8(4,6-2)7-3;2*1-5(2,3)4/h1-4H3;1H3;. The van der Waals surface area contributed by atoms with Crippen molar-refractivity contribution in [2.75, 3.05) is 21.3 Å².